The Morgan fingerprint density at radius 3 is 2.63 bits per heavy atom. The van der Waals surface area contributed by atoms with Crippen LogP contribution in [0.5, 0.6) is 0 Å². The summed E-state index contributed by atoms with van der Waals surface area (Å²) in [4.78, 5) is 30.9. The van der Waals surface area contributed by atoms with Crippen molar-refractivity contribution in [3.8, 4) is 11.6 Å². The summed E-state index contributed by atoms with van der Waals surface area (Å²) in [6.45, 7) is 0.203. The van der Waals surface area contributed by atoms with Crippen molar-refractivity contribution in [3.05, 3.63) is 65.1 Å². The summed E-state index contributed by atoms with van der Waals surface area (Å²) in [5.74, 6) is -3.79. The monoisotopic (exact) mass is 495 g/mol. The number of hydrogen-bond donors (Lipinski definition) is 2. The fourth-order valence-electron chi connectivity index (χ4n) is 3.73. The number of aromatic nitrogens is 3. The number of amides is 1. The summed E-state index contributed by atoms with van der Waals surface area (Å²) in [5.41, 5.74) is 6.19. The first-order valence-electron chi connectivity index (χ1n) is 10.4. The number of benzene rings is 1. The molecule has 1 fully saturated rings. The van der Waals surface area contributed by atoms with E-state index in [2.05, 4.69) is 15.1 Å². The highest BCUT2D eigenvalue weighted by Crippen LogP contribution is 2.32. The number of nitrogens with two attached hydrogens (primary N) is 1. The van der Waals surface area contributed by atoms with Crippen LogP contribution >= 0.6 is 0 Å². The maximum atomic E-state index is 13.9. The fraction of sp³-hybridized carbons (Fsp3) is 0.318. The molecule has 2 atom stereocenters. The van der Waals surface area contributed by atoms with Gasteiger partial charge in [0.05, 0.1) is 12.2 Å². The van der Waals surface area contributed by atoms with Crippen molar-refractivity contribution in [2.24, 2.45) is 5.73 Å². The lowest BCUT2D eigenvalue weighted by Gasteiger charge is -2.24. The molecule has 0 saturated carbocycles. The van der Waals surface area contributed by atoms with Crippen molar-refractivity contribution >= 4 is 12.4 Å². The van der Waals surface area contributed by atoms with Gasteiger partial charge < -0.3 is 20.3 Å². The SMILES string of the molecule is N[C@@H](CC(=O)N1CCC[C@H]1c1noc(-c2ccc(F)cn2)n1)Cc1cc(F)c(F)cc1F.O=CO. The quantitative estimate of drug-likeness (QED) is 0.303. The molecule has 1 saturated heterocycles. The molecule has 1 amide bonds. The number of hydrogen-bond acceptors (Lipinski definition) is 7. The van der Waals surface area contributed by atoms with Crippen molar-refractivity contribution < 1.29 is 36.8 Å². The van der Waals surface area contributed by atoms with Crippen LogP contribution in [0.1, 0.15) is 36.7 Å². The molecule has 3 N–H and O–H groups in total. The Kier molecular flexibility index (Phi) is 8.47. The number of carbonyl (C=O) groups is 2. The van der Waals surface area contributed by atoms with E-state index in [1.807, 2.05) is 0 Å². The molecule has 2 aromatic heterocycles. The lowest BCUT2D eigenvalue weighted by atomic mass is 10.0. The molecule has 0 aliphatic carbocycles. The van der Waals surface area contributed by atoms with Gasteiger partial charge in [-0.15, -0.1) is 0 Å². The maximum absolute atomic E-state index is 13.9. The van der Waals surface area contributed by atoms with Crippen molar-refractivity contribution in [1.29, 1.82) is 0 Å². The van der Waals surface area contributed by atoms with E-state index >= 15 is 0 Å². The van der Waals surface area contributed by atoms with Gasteiger partial charge in [0.25, 0.3) is 12.4 Å². The Labute approximate surface area is 196 Å². The van der Waals surface area contributed by atoms with Crippen LogP contribution in [-0.2, 0) is 16.0 Å². The molecule has 1 aliphatic rings. The molecular formula is C22H21F4N5O4. The average molecular weight is 495 g/mol. The van der Waals surface area contributed by atoms with Crippen LogP contribution < -0.4 is 5.73 Å². The smallest absolute Gasteiger partial charge is 0.290 e. The van der Waals surface area contributed by atoms with E-state index in [0.29, 0.717) is 31.1 Å². The van der Waals surface area contributed by atoms with Gasteiger partial charge in [-0.25, -0.2) is 22.5 Å². The summed E-state index contributed by atoms with van der Waals surface area (Å²) >= 11 is 0. The van der Waals surface area contributed by atoms with E-state index in [1.54, 1.807) is 4.90 Å². The van der Waals surface area contributed by atoms with E-state index in [0.717, 1.165) is 12.3 Å². The molecular weight excluding hydrogens is 474 g/mol. The minimum Gasteiger partial charge on any atom is -0.483 e. The van der Waals surface area contributed by atoms with Crippen molar-refractivity contribution in [3.63, 3.8) is 0 Å². The molecule has 9 nitrogen and oxygen atoms in total. The number of pyridine rings is 1. The van der Waals surface area contributed by atoms with E-state index in [4.69, 9.17) is 20.2 Å². The van der Waals surface area contributed by atoms with E-state index in [-0.39, 0.29) is 42.5 Å². The van der Waals surface area contributed by atoms with Crippen molar-refractivity contribution in [2.45, 2.75) is 37.8 Å². The highest BCUT2D eigenvalue weighted by molar-refractivity contribution is 5.77. The third kappa shape index (κ3) is 6.38. The second-order valence-electron chi connectivity index (χ2n) is 7.70. The number of carbonyl (C=O) groups excluding carboxylic acids is 1. The Balaban J connectivity index is 0.00000108. The standard InChI is InChI=1S/C21H19F4N5O2.CH2O2/c22-12-3-4-17(27-10-12)21-28-20(29-32-21)18-2-1-5-30(18)19(31)8-13(26)6-11-7-15(24)16(25)9-14(11)23;2-1-3/h3-4,7,9-10,13,18H,1-2,5-6,8,26H2;1H,(H,2,3)/t13-,18+;/m1./s1. The molecule has 0 unspecified atom stereocenters. The summed E-state index contributed by atoms with van der Waals surface area (Å²) in [7, 11) is 0. The maximum Gasteiger partial charge on any atom is 0.290 e. The normalized spacial score (nSPS) is 15.9. The van der Waals surface area contributed by atoms with Gasteiger partial charge in [-0.1, -0.05) is 5.16 Å². The molecule has 3 heterocycles. The van der Waals surface area contributed by atoms with Crippen LogP contribution in [0.3, 0.4) is 0 Å². The van der Waals surface area contributed by atoms with Crippen molar-refractivity contribution in [2.75, 3.05) is 6.54 Å². The highest BCUT2D eigenvalue weighted by Gasteiger charge is 2.34. The molecule has 4 rings (SSSR count). The lowest BCUT2D eigenvalue weighted by Crippen LogP contribution is -2.36. The van der Waals surface area contributed by atoms with E-state index in [9.17, 15) is 22.4 Å². The Morgan fingerprint density at radius 1 is 1.23 bits per heavy atom. The van der Waals surface area contributed by atoms with Gasteiger partial charge in [0.15, 0.2) is 17.5 Å². The zero-order chi connectivity index (χ0) is 25.5. The van der Waals surface area contributed by atoms with E-state index < -0.39 is 35.4 Å². The first kappa shape index (κ1) is 25.7. The van der Waals surface area contributed by atoms with Crippen LogP contribution in [-0.4, -0.2) is 50.1 Å². The Bertz CT molecular complexity index is 1180. The minimum absolute atomic E-state index is 0.100. The zero-order valence-corrected chi connectivity index (χ0v) is 18.2. The molecule has 1 aromatic carbocycles. The number of likely N-dealkylation sites (tertiary alicyclic amines) is 1. The van der Waals surface area contributed by atoms with Gasteiger partial charge in [0, 0.05) is 25.1 Å². The van der Waals surface area contributed by atoms with Gasteiger partial charge in [-0.2, -0.15) is 4.98 Å². The summed E-state index contributed by atoms with van der Waals surface area (Å²) in [5, 5.41) is 10.8. The van der Waals surface area contributed by atoms with E-state index in [1.165, 1.54) is 12.1 Å². The van der Waals surface area contributed by atoms with Gasteiger partial charge >= 0.3 is 0 Å². The Hall–Kier alpha value is -3.87. The first-order valence-corrected chi connectivity index (χ1v) is 10.4. The van der Waals surface area contributed by atoms with Crippen molar-refractivity contribution in [1.82, 2.24) is 20.0 Å². The summed E-state index contributed by atoms with van der Waals surface area (Å²) in [6.07, 6.45) is 2.09. The Morgan fingerprint density at radius 2 is 1.94 bits per heavy atom. The second-order valence-corrected chi connectivity index (χ2v) is 7.70. The third-order valence-corrected chi connectivity index (χ3v) is 5.27. The lowest BCUT2D eigenvalue weighted by molar-refractivity contribution is -0.132. The van der Waals surface area contributed by atoms with Gasteiger partial charge in [0.1, 0.15) is 17.3 Å². The predicted molar refractivity (Wildman–Crippen MR) is 112 cm³/mol. The molecule has 1 aliphatic heterocycles. The average Bonchev–Trinajstić information content (AvgIpc) is 3.48. The first-order chi connectivity index (χ1) is 16.7. The third-order valence-electron chi connectivity index (χ3n) is 5.27. The number of nitrogens with zero attached hydrogens (tertiary/aromatic N) is 4. The molecule has 186 valence electrons. The predicted octanol–water partition coefficient (Wildman–Crippen LogP) is 3.01. The van der Waals surface area contributed by atoms with Gasteiger partial charge in [0.2, 0.25) is 5.91 Å². The number of carboxylic acid groups (broad SMARTS) is 1. The highest BCUT2D eigenvalue weighted by atomic mass is 19.2. The molecule has 13 heteroatoms. The molecule has 0 spiro atoms. The van der Waals surface area contributed by atoms with Crippen LogP contribution in [0.4, 0.5) is 17.6 Å². The van der Waals surface area contributed by atoms with Crippen LogP contribution in [0.15, 0.2) is 35.0 Å². The zero-order valence-electron chi connectivity index (χ0n) is 18.2. The molecule has 0 bridgehead atoms. The molecule has 35 heavy (non-hydrogen) atoms. The molecule has 3 aromatic rings. The molecule has 0 radical (unpaired) electrons. The topological polar surface area (TPSA) is 135 Å². The second kappa shape index (κ2) is 11.5. The van der Waals surface area contributed by atoms with Crippen LogP contribution in [0.25, 0.3) is 11.6 Å². The summed E-state index contributed by atoms with van der Waals surface area (Å²) in [6, 6.07) is 2.59. The van der Waals surface area contributed by atoms with Crippen LogP contribution in [0, 0.1) is 23.3 Å². The van der Waals surface area contributed by atoms with Crippen LogP contribution in [0.2, 0.25) is 0 Å². The van der Waals surface area contributed by atoms with Gasteiger partial charge in [-0.3, -0.25) is 9.59 Å². The largest absolute Gasteiger partial charge is 0.483 e. The van der Waals surface area contributed by atoms with Gasteiger partial charge in [-0.05, 0) is 43.0 Å². The summed E-state index contributed by atoms with van der Waals surface area (Å²) < 4.78 is 58.6. The minimum atomic E-state index is -1.29. The number of rotatable bonds is 6. The fourth-order valence-corrected chi connectivity index (χ4v) is 3.73. The number of halogens is 4.